The number of carboxylic acids is 1. The molecule has 1 aliphatic rings. The number of aromatic nitrogens is 2. The third-order valence-corrected chi connectivity index (χ3v) is 4.44. The Labute approximate surface area is 130 Å². The lowest BCUT2D eigenvalue weighted by atomic mass is 9.82. The monoisotopic (exact) mass is 299 g/mol. The molecule has 2 N–H and O–H groups in total. The fourth-order valence-corrected chi connectivity index (χ4v) is 3.17. The average Bonchev–Trinajstić information content (AvgIpc) is 2.92. The Bertz CT molecular complexity index is 678. The van der Waals surface area contributed by atoms with Crippen molar-refractivity contribution >= 4 is 5.97 Å². The lowest BCUT2D eigenvalue weighted by Gasteiger charge is -2.26. The predicted molar refractivity (Wildman–Crippen MR) is 84.0 cm³/mol. The van der Waals surface area contributed by atoms with Crippen LogP contribution in [0.5, 0.6) is 0 Å². The molecule has 5 heteroatoms. The number of nitrogens with one attached hydrogen (secondary N) is 1. The van der Waals surface area contributed by atoms with Gasteiger partial charge in [0, 0.05) is 26.3 Å². The van der Waals surface area contributed by atoms with Crippen LogP contribution in [0.15, 0.2) is 30.7 Å². The van der Waals surface area contributed by atoms with Crippen molar-refractivity contribution in [1.29, 1.82) is 0 Å². The quantitative estimate of drug-likeness (QED) is 0.889. The molecule has 0 bridgehead atoms. The second-order valence-electron chi connectivity index (χ2n) is 5.93. The van der Waals surface area contributed by atoms with E-state index in [1.54, 1.807) is 12.4 Å². The second-order valence-corrected chi connectivity index (χ2v) is 5.93. The average molecular weight is 299 g/mol. The van der Waals surface area contributed by atoms with E-state index >= 15 is 0 Å². The van der Waals surface area contributed by atoms with Crippen molar-refractivity contribution in [2.75, 3.05) is 6.54 Å². The Morgan fingerprint density at radius 2 is 2.36 bits per heavy atom. The minimum absolute atomic E-state index is 0.385. The number of nitrogens with zero attached hydrogens (tertiary/aromatic N) is 2. The highest BCUT2D eigenvalue weighted by molar-refractivity contribution is 5.88. The van der Waals surface area contributed by atoms with Gasteiger partial charge in [-0.15, -0.1) is 0 Å². The smallest absolute Gasteiger partial charge is 0.335 e. The molecule has 0 saturated heterocycles. The molecule has 1 unspecified atom stereocenters. The summed E-state index contributed by atoms with van der Waals surface area (Å²) in [4.78, 5) is 15.3. The number of benzene rings is 1. The van der Waals surface area contributed by atoms with Crippen LogP contribution in [-0.2, 0) is 20.0 Å². The fraction of sp³-hybridized carbons (Fsp3) is 0.412. The molecule has 0 radical (unpaired) electrons. The second kappa shape index (κ2) is 6.32. The molecule has 1 heterocycles. The van der Waals surface area contributed by atoms with Crippen molar-refractivity contribution in [2.24, 2.45) is 7.05 Å². The van der Waals surface area contributed by atoms with Gasteiger partial charge in [-0.3, -0.25) is 0 Å². The maximum atomic E-state index is 11.2. The van der Waals surface area contributed by atoms with E-state index in [4.69, 9.17) is 0 Å². The fourth-order valence-electron chi connectivity index (χ4n) is 3.17. The largest absolute Gasteiger partial charge is 0.478 e. The van der Waals surface area contributed by atoms with Crippen molar-refractivity contribution < 1.29 is 9.90 Å². The number of aromatic carboxylic acids is 1. The van der Waals surface area contributed by atoms with Gasteiger partial charge in [-0.2, -0.15) is 0 Å². The zero-order valence-corrected chi connectivity index (χ0v) is 12.7. The van der Waals surface area contributed by atoms with Gasteiger partial charge in [0.25, 0.3) is 0 Å². The summed E-state index contributed by atoms with van der Waals surface area (Å²) in [6.45, 7) is 1.64. The van der Waals surface area contributed by atoms with Crippen LogP contribution in [0.1, 0.15) is 45.9 Å². The molecule has 3 rings (SSSR count). The first-order valence-electron chi connectivity index (χ1n) is 7.67. The Kier molecular flexibility index (Phi) is 4.24. The van der Waals surface area contributed by atoms with Crippen LogP contribution in [0.2, 0.25) is 0 Å². The first kappa shape index (κ1) is 14.8. The summed E-state index contributed by atoms with van der Waals surface area (Å²) >= 11 is 0. The molecule has 0 fully saturated rings. The summed E-state index contributed by atoms with van der Waals surface area (Å²) in [5.41, 5.74) is 4.03. The molecular weight excluding hydrogens is 278 g/mol. The highest BCUT2D eigenvalue weighted by Gasteiger charge is 2.21. The molecule has 1 aromatic heterocycles. The van der Waals surface area contributed by atoms with E-state index in [2.05, 4.69) is 10.3 Å². The number of aryl methyl sites for hydroxylation is 2. The molecule has 5 nitrogen and oxygen atoms in total. The zero-order valence-electron chi connectivity index (χ0n) is 12.7. The minimum atomic E-state index is -0.852. The molecule has 1 aromatic carbocycles. The molecular formula is C17H21N3O2. The van der Waals surface area contributed by atoms with Gasteiger partial charge in [0.15, 0.2) is 0 Å². The van der Waals surface area contributed by atoms with Crippen molar-refractivity contribution in [1.82, 2.24) is 14.9 Å². The van der Waals surface area contributed by atoms with Crippen LogP contribution in [0.4, 0.5) is 0 Å². The van der Waals surface area contributed by atoms with Crippen molar-refractivity contribution in [2.45, 2.75) is 31.7 Å². The van der Waals surface area contributed by atoms with Gasteiger partial charge in [-0.25, -0.2) is 9.78 Å². The molecule has 2 aromatic rings. The minimum Gasteiger partial charge on any atom is -0.478 e. The Morgan fingerprint density at radius 3 is 3.09 bits per heavy atom. The van der Waals surface area contributed by atoms with Gasteiger partial charge in [-0.05, 0) is 48.4 Å². The van der Waals surface area contributed by atoms with E-state index < -0.39 is 5.97 Å². The van der Waals surface area contributed by atoms with Crippen LogP contribution < -0.4 is 5.32 Å². The van der Waals surface area contributed by atoms with Crippen molar-refractivity contribution in [3.8, 4) is 0 Å². The topological polar surface area (TPSA) is 67.2 Å². The van der Waals surface area contributed by atoms with Crippen LogP contribution >= 0.6 is 0 Å². The standard InChI is InChI=1S/C17H21N3O2/c1-20-11-19-10-15(20)9-18-8-14-4-2-3-12-5-6-13(17(21)22)7-16(12)14/h5-7,10-11,14,18H,2-4,8-9H2,1H3,(H,21,22). The number of fused-ring (bicyclic) bond motifs is 1. The van der Waals surface area contributed by atoms with Gasteiger partial charge >= 0.3 is 5.97 Å². The highest BCUT2D eigenvalue weighted by Crippen LogP contribution is 2.32. The normalized spacial score (nSPS) is 17.2. The first-order chi connectivity index (χ1) is 10.6. The lowest BCUT2D eigenvalue weighted by molar-refractivity contribution is 0.0696. The van der Waals surface area contributed by atoms with Gasteiger partial charge in [0.1, 0.15) is 0 Å². The molecule has 0 saturated carbocycles. The van der Waals surface area contributed by atoms with Crippen LogP contribution in [-0.4, -0.2) is 27.2 Å². The number of imidazole rings is 1. The summed E-state index contributed by atoms with van der Waals surface area (Å²) in [7, 11) is 1.99. The molecule has 116 valence electrons. The van der Waals surface area contributed by atoms with E-state index in [-0.39, 0.29) is 0 Å². The van der Waals surface area contributed by atoms with E-state index in [0.717, 1.165) is 38.0 Å². The van der Waals surface area contributed by atoms with E-state index in [1.165, 1.54) is 11.1 Å². The van der Waals surface area contributed by atoms with Crippen LogP contribution in [0, 0.1) is 0 Å². The van der Waals surface area contributed by atoms with Crippen molar-refractivity contribution in [3.05, 3.63) is 53.1 Å². The maximum absolute atomic E-state index is 11.2. The molecule has 0 spiro atoms. The molecule has 1 aliphatic carbocycles. The number of hydrogen-bond acceptors (Lipinski definition) is 3. The highest BCUT2D eigenvalue weighted by atomic mass is 16.4. The number of carbonyl (C=O) groups is 1. The number of carboxylic acid groups (broad SMARTS) is 1. The van der Waals surface area contributed by atoms with E-state index in [1.807, 2.05) is 29.9 Å². The summed E-state index contributed by atoms with van der Waals surface area (Å²) in [6.07, 6.45) is 6.98. The molecule has 0 aliphatic heterocycles. The summed E-state index contributed by atoms with van der Waals surface area (Å²) < 4.78 is 2.00. The van der Waals surface area contributed by atoms with Gasteiger partial charge in [0.2, 0.25) is 0 Å². The first-order valence-corrected chi connectivity index (χ1v) is 7.67. The summed E-state index contributed by atoms with van der Waals surface area (Å²) in [6, 6.07) is 5.55. The van der Waals surface area contributed by atoms with Crippen LogP contribution in [0.3, 0.4) is 0 Å². The summed E-state index contributed by atoms with van der Waals surface area (Å²) in [5.74, 6) is -0.466. The van der Waals surface area contributed by atoms with Crippen molar-refractivity contribution in [3.63, 3.8) is 0 Å². The molecule has 1 atom stereocenters. The SMILES string of the molecule is Cn1cncc1CNCC1CCCc2ccc(C(=O)O)cc21. The maximum Gasteiger partial charge on any atom is 0.335 e. The summed E-state index contributed by atoms with van der Waals surface area (Å²) in [5, 5.41) is 12.7. The Balaban J connectivity index is 1.69. The van der Waals surface area contributed by atoms with Crippen LogP contribution in [0.25, 0.3) is 0 Å². The zero-order chi connectivity index (χ0) is 15.5. The molecule has 0 amide bonds. The Morgan fingerprint density at radius 1 is 1.50 bits per heavy atom. The molecule has 22 heavy (non-hydrogen) atoms. The number of rotatable bonds is 5. The Hall–Kier alpha value is -2.14. The lowest BCUT2D eigenvalue weighted by Crippen LogP contribution is -2.25. The van der Waals surface area contributed by atoms with Gasteiger partial charge in [0.05, 0.1) is 17.6 Å². The van der Waals surface area contributed by atoms with E-state index in [9.17, 15) is 9.90 Å². The predicted octanol–water partition coefficient (Wildman–Crippen LogP) is 2.33. The number of hydrogen-bond donors (Lipinski definition) is 2. The van der Waals surface area contributed by atoms with Gasteiger partial charge < -0.3 is 15.0 Å². The van der Waals surface area contributed by atoms with E-state index in [0.29, 0.717) is 11.5 Å². The third kappa shape index (κ3) is 3.04. The van der Waals surface area contributed by atoms with Gasteiger partial charge in [-0.1, -0.05) is 6.07 Å². The third-order valence-electron chi connectivity index (χ3n) is 4.44.